The number of nitrogens with one attached hydrogen (secondary N) is 1. The van der Waals surface area contributed by atoms with Crippen molar-refractivity contribution in [2.75, 3.05) is 11.4 Å². The predicted molar refractivity (Wildman–Crippen MR) is 88.8 cm³/mol. The normalized spacial score (nSPS) is 17.6. The number of nitrogens with zero attached hydrogens (tertiary/aromatic N) is 1. The minimum atomic E-state index is -0.472. The number of halogens is 1. The Bertz CT molecular complexity index is 703. The van der Waals surface area contributed by atoms with Crippen molar-refractivity contribution in [2.24, 2.45) is 0 Å². The largest absolute Gasteiger partial charge is 0.340 e. The van der Waals surface area contributed by atoms with E-state index in [-0.39, 0.29) is 11.8 Å². The molecular weight excluding hydrogens is 344 g/mol. The third-order valence-electron chi connectivity index (χ3n) is 3.70. The molecule has 1 heterocycles. The van der Waals surface area contributed by atoms with Crippen LogP contribution in [0.2, 0.25) is 0 Å². The first-order valence-electron chi connectivity index (χ1n) is 7.08. The molecule has 22 heavy (non-hydrogen) atoms. The van der Waals surface area contributed by atoms with E-state index in [9.17, 15) is 9.59 Å². The van der Waals surface area contributed by atoms with E-state index in [0.717, 1.165) is 10.2 Å². The lowest BCUT2D eigenvalue weighted by Crippen LogP contribution is -2.41. The standard InChI is InChI=1S/C17H15BrN2O2/c18-14-9-5-4-8-13(14)16(21)19-15-10-11-20(17(15)22)12-6-2-1-3-7-12/h1-9,15H,10-11H2,(H,19,21)/t15-/m0/s1. The number of benzene rings is 2. The lowest BCUT2D eigenvalue weighted by Gasteiger charge is -2.17. The molecule has 0 aromatic heterocycles. The quantitative estimate of drug-likeness (QED) is 0.916. The molecule has 1 atom stereocenters. The van der Waals surface area contributed by atoms with Crippen molar-refractivity contribution in [3.8, 4) is 0 Å². The smallest absolute Gasteiger partial charge is 0.253 e. The Balaban J connectivity index is 1.71. The second kappa shape index (κ2) is 6.32. The van der Waals surface area contributed by atoms with Gasteiger partial charge in [0.25, 0.3) is 5.91 Å². The molecule has 3 rings (SSSR count). The minimum absolute atomic E-state index is 0.0633. The fourth-order valence-corrected chi connectivity index (χ4v) is 3.02. The van der Waals surface area contributed by atoms with Crippen molar-refractivity contribution in [2.45, 2.75) is 12.5 Å². The van der Waals surface area contributed by atoms with Crippen LogP contribution in [0.4, 0.5) is 5.69 Å². The third kappa shape index (κ3) is 2.90. The maximum atomic E-state index is 12.5. The fraction of sp³-hybridized carbons (Fsp3) is 0.176. The summed E-state index contributed by atoms with van der Waals surface area (Å²) in [5.41, 5.74) is 1.40. The molecule has 4 nitrogen and oxygen atoms in total. The van der Waals surface area contributed by atoms with Crippen LogP contribution in [0, 0.1) is 0 Å². The fourth-order valence-electron chi connectivity index (χ4n) is 2.56. The van der Waals surface area contributed by atoms with E-state index in [1.807, 2.05) is 42.5 Å². The Hall–Kier alpha value is -2.14. The number of rotatable bonds is 3. The molecule has 1 aliphatic rings. The van der Waals surface area contributed by atoms with Crippen molar-refractivity contribution >= 4 is 33.4 Å². The first-order chi connectivity index (χ1) is 10.7. The molecule has 112 valence electrons. The topological polar surface area (TPSA) is 49.4 Å². The van der Waals surface area contributed by atoms with Gasteiger partial charge >= 0.3 is 0 Å². The zero-order valence-corrected chi connectivity index (χ0v) is 13.4. The Kier molecular flexibility index (Phi) is 4.24. The van der Waals surface area contributed by atoms with Crippen LogP contribution in [0.15, 0.2) is 59.1 Å². The molecule has 1 saturated heterocycles. The van der Waals surface area contributed by atoms with Gasteiger partial charge in [-0.05, 0) is 46.6 Å². The average molecular weight is 359 g/mol. The molecule has 0 bridgehead atoms. The van der Waals surface area contributed by atoms with Crippen molar-refractivity contribution in [3.63, 3.8) is 0 Å². The number of para-hydroxylation sites is 1. The molecule has 0 saturated carbocycles. The Morgan fingerprint density at radius 1 is 1.09 bits per heavy atom. The van der Waals surface area contributed by atoms with Crippen LogP contribution in [0.5, 0.6) is 0 Å². The molecule has 0 aliphatic carbocycles. The molecule has 1 N–H and O–H groups in total. The van der Waals surface area contributed by atoms with Crippen molar-refractivity contribution < 1.29 is 9.59 Å². The second-order valence-corrected chi connectivity index (χ2v) is 5.97. The zero-order chi connectivity index (χ0) is 15.5. The van der Waals surface area contributed by atoms with E-state index in [2.05, 4.69) is 21.2 Å². The number of carbonyl (C=O) groups is 2. The molecule has 1 fully saturated rings. The van der Waals surface area contributed by atoms with Gasteiger partial charge in [0, 0.05) is 16.7 Å². The predicted octanol–water partition coefficient (Wildman–Crippen LogP) is 2.98. The van der Waals surface area contributed by atoms with Crippen molar-refractivity contribution in [1.82, 2.24) is 5.32 Å². The number of anilines is 1. The highest BCUT2D eigenvalue weighted by atomic mass is 79.9. The lowest BCUT2D eigenvalue weighted by molar-refractivity contribution is -0.118. The van der Waals surface area contributed by atoms with Gasteiger partial charge in [-0.3, -0.25) is 9.59 Å². The molecule has 2 amide bonds. The van der Waals surface area contributed by atoms with Gasteiger partial charge in [0.05, 0.1) is 5.56 Å². The highest BCUT2D eigenvalue weighted by molar-refractivity contribution is 9.10. The third-order valence-corrected chi connectivity index (χ3v) is 4.39. The Labute approximate surface area is 137 Å². The number of hydrogen-bond donors (Lipinski definition) is 1. The van der Waals surface area contributed by atoms with Crippen LogP contribution in [-0.4, -0.2) is 24.4 Å². The molecule has 0 radical (unpaired) electrons. The molecule has 1 aliphatic heterocycles. The van der Waals surface area contributed by atoms with Gasteiger partial charge < -0.3 is 10.2 Å². The maximum Gasteiger partial charge on any atom is 0.253 e. The lowest BCUT2D eigenvalue weighted by atomic mass is 10.2. The van der Waals surface area contributed by atoms with E-state index in [1.165, 1.54) is 0 Å². The van der Waals surface area contributed by atoms with Gasteiger partial charge in [0.15, 0.2) is 0 Å². The molecular formula is C17H15BrN2O2. The van der Waals surface area contributed by atoms with Gasteiger partial charge in [-0.1, -0.05) is 30.3 Å². The first-order valence-corrected chi connectivity index (χ1v) is 7.88. The Morgan fingerprint density at radius 3 is 2.50 bits per heavy atom. The molecule has 0 unspecified atom stereocenters. The summed E-state index contributed by atoms with van der Waals surface area (Å²) in [6, 6.07) is 16.2. The van der Waals surface area contributed by atoms with Crippen LogP contribution in [0.1, 0.15) is 16.8 Å². The Morgan fingerprint density at radius 2 is 1.77 bits per heavy atom. The highest BCUT2D eigenvalue weighted by Crippen LogP contribution is 2.22. The molecule has 2 aromatic carbocycles. The summed E-state index contributed by atoms with van der Waals surface area (Å²) in [7, 11) is 0. The van der Waals surface area contributed by atoms with Crippen molar-refractivity contribution in [3.05, 3.63) is 64.6 Å². The monoisotopic (exact) mass is 358 g/mol. The highest BCUT2D eigenvalue weighted by Gasteiger charge is 2.33. The van der Waals surface area contributed by atoms with Gasteiger partial charge in [-0.2, -0.15) is 0 Å². The minimum Gasteiger partial charge on any atom is -0.340 e. The van der Waals surface area contributed by atoms with Crippen molar-refractivity contribution in [1.29, 1.82) is 0 Å². The van der Waals surface area contributed by atoms with Gasteiger partial charge in [0.1, 0.15) is 6.04 Å². The average Bonchev–Trinajstić information content (AvgIpc) is 2.89. The van der Waals surface area contributed by atoms with E-state index in [4.69, 9.17) is 0 Å². The maximum absolute atomic E-state index is 12.5. The van der Waals surface area contributed by atoms with Gasteiger partial charge in [0.2, 0.25) is 5.91 Å². The van der Waals surface area contributed by atoms with E-state index in [0.29, 0.717) is 18.5 Å². The molecule has 0 spiro atoms. The van der Waals surface area contributed by atoms with Gasteiger partial charge in [-0.25, -0.2) is 0 Å². The van der Waals surface area contributed by atoms with Crippen LogP contribution in [0.25, 0.3) is 0 Å². The summed E-state index contributed by atoms with van der Waals surface area (Å²) in [5.74, 6) is -0.299. The molecule has 5 heteroatoms. The van der Waals surface area contributed by atoms with E-state index < -0.39 is 6.04 Å². The zero-order valence-electron chi connectivity index (χ0n) is 11.8. The van der Waals surface area contributed by atoms with Gasteiger partial charge in [-0.15, -0.1) is 0 Å². The van der Waals surface area contributed by atoms with Crippen LogP contribution >= 0.6 is 15.9 Å². The molecule has 2 aromatic rings. The second-order valence-electron chi connectivity index (χ2n) is 5.12. The summed E-state index contributed by atoms with van der Waals surface area (Å²) in [5, 5.41) is 2.83. The number of carbonyl (C=O) groups excluding carboxylic acids is 2. The van der Waals surface area contributed by atoms with Crippen LogP contribution in [0.3, 0.4) is 0 Å². The summed E-state index contributed by atoms with van der Waals surface area (Å²) in [6.45, 7) is 0.615. The summed E-state index contributed by atoms with van der Waals surface area (Å²) >= 11 is 3.35. The van der Waals surface area contributed by atoms with E-state index in [1.54, 1.807) is 17.0 Å². The number of hydrogen-bond acceptors (Lipinski definition) is 2. The van der Waals surface area contributed by atoms with Crippen LogP contribution < -0.4 is 10.2 Å². The van der Waals surface area contributed by atoms with E-state index >= 15 is 0 Å². The SMILES string of the molecule is O=C(N[C@H]1CCN(c2ccccc2)C1=O)c1ccccc1Br. The summed E-state index contributed by atoms with van der Waals surface area (Å²) in [4.78, 5) is 26.5. The van der Waals surface area contributed by atoms with Crippen LogP contribution in [-0.2, 0) is 4.79 Å². The first kappa shape index (κ1) is 14.8. The number of amides is 2. The summed E-state index contributed by atoms with van der Waals surface area (Å²) in [6.07, 6.45) is 0.615. The summed E-state index contributed by atoms with van der Waals surface area (Å²) < 4.78 is 0.720.